The van der Waals surface area contributed by atoms with Gasteiger partial charge in [-0.25, -0.2) is 4.98 Å². The first kappa shape index (κ1) is 13.2. The molecule has 0 aromatic carbocycles. The van der Waals surface area contributed by atoms with Gasteiger partial charge in [0.1, 0.15) is 0 Å². The second-order valence-electron chi connectivity index (χ2n) is 5.68. The van der Waals surface area contributed by atoms with E-state index in [0.717, 1.165) is 17.5 Å². The summed E-state index contributed by atoms with van der Waals surface area (Å²) in [5.74, 6) is 3.23. The van der Waals surface area contributed by atoms with Gasteiger partial charge in [-0.1, -0.05) is 13.8 Å². The largest absolute Gasteiger partial charge is 0.487 e. The van der Waals surface area contributed by atoms with Gasteiger partial charge in [-0.05, 0) is 50.7 Å². The van der Waals surface area contributed by atoms with Gasteiger partial charge in [0.05, 0.1) is 6.10 Å². The first-order valence-corrected chi connectivity index (χ1v) is 6.96. The second-order valence-corrected chi connectivity index (χ2v) is 5.68. The second kappa shape index (κ2) is 5.59. The molecule has 1 N–H and O–H groups in total. The molecule has 1 heterocycles. The van der Waals surface area contributed by atoms with Gasteiger partial charge in [-0.2, -0.15) is 0 Å². The maximum Gasteiger partial charge on any atom is 0.168 e. The third kappa shape index (κ3) is 2.95. The van der Waals surface area contributed by atoms with Crippen molar-refractivity contribution in [2.75, 3.05) is 5.32 Å². The molecule has 18 heavy (non-hydrogen) atoms. The molecule has 3 unspecified atom stereocenters. The molecule has 1 fully saturated rings. The van der Waals surface area contributed by atoms with E-state index in [1.807, 2.05) is 32.2 Å². The third-order valence-electron chi connectivity index (χ3n) is 3.92. The van der Waals surface area contributed by atoms with Crippen LogP contribution in [0.4, 0.5) is 5.82 Å². The van der Waals surface area contributed by atoms with E-state index >= 15 is 0 Å². The summed E-state index contributed by atoms with van der Waals surface area (Å²) in [6, 6.07) is 4.42. The zero-order chi connectivity index (χ0) is 13.1. The Hall–Kier alpha value is -1.25. The van der Waals surface area contributed by atoms with E-state index in [9.17, 15) is 0 Å². The van der Waals surface area contributed by atoms with Gasteiger partial charge in [-0.15, -0.1) is 0 Å². The topological polar surface area (TPSA) is 34.1 Å². The molecule has 0 aliphatic heterocycles. The Morgan fingerprint density at radius 2 is 2.11 bits per heavy atom. The third-order valence-corrected chi connectivity index (χ3v) is 3.92. The van der Waals surface area contributed by atoms with Crippen LogP contribution in [0.1, 0.15) is 40.5 Å². The van der Waals surface area contributed by atoms with Crippen molar-refractivity contribution in [2.45, 2.75) is 52.7 Å². The average Bonchev–Trinajstić information content (AvgIpc) is 2.63. The summed E-state index contributed by atoms with van der Waals surface area (Å²) in [4.78, 5) is 4.42. The smallest absolute Gasteiger partial charge is 0.168 e. The van der Waals surface area contributed by atoms with Gasteiger partial charge in [0.2, 0.25) is 0 Å². The molecule has 0 bridgehead atoms. The minimum absolute atomic E-state index is 0.176. The van der Waals surface area contributed by atoms with Crippen LogP contribution in [-0.4, -0.2) is 17.1 Å². The highest BCUT2D eigenvalue weighted by Crippen LogP contribution is 2.34. The highest BCUT2D eigenvalue weighted by molar-refractivity contribution is 5.50. The fourth-order valence-electron chi connectivity index (χ4n) is 2.59. The van der Waals surface area contributed by atoms with Crippen molar-refractivity contribution in [2.24, 2.45) is 11.8 Å². The van der Waals surface area contributed by atoms with Crippen molar-refractivity contribution in [3.8, 4) is 5.75 Å². The van der Waals surface area contributed by atoms with Crippen LogP contribution < -0.4 is 10.1 Å². The van der Waals surface area contributed by atoms with Crippen LogP contribution in [0, 0.1) is 11.8 Å². The SMILES string of the molecule is CC(C)Oc1cccnc1NC1CCC(C)C1C. The Morgan fingerprint density at radius 1 is 1.33 bits per heavy atom. The van der Waals surface area contributed by atoms with Crippen LogP contribution in [0.5, 0.6) is 5.75 Å². The van der Waals surface area contributed by atoms with Gasteiger partial charge >= 0.3 is 0 Å². The molecule has 1 aliphatic carbocycles. The predicted molar refractivity (Wildman–Crippen MR) is 75.0 cm³/mol. The van der Waals surface area contributed by atoms with Crippen LogP contribution in [-0.2, 0) is 0 Å². The van der Waals surface area contributed by atoms with Crippen LogP contribution >= 0.6 is 0 Å². The number of hydrogen-bond acceptors (Lipinski definition) is 3. The maximum absolute atomic E-state index is 5.79. The summed E-state index contributed by atoms with van der Waals surface area (Å²) in [7, 11) is 0. The van der Waals surface area contributed by atoms with E-state index < -0.39 is 0 Å². The van der Waals surface area contributed by atoms with Gasteiger partial charge in [0.15, 0.2) is 11.6 Å². The number of nitrogens with zero attached hydrogens (tertiary/aromatic N) is 1. The number of nitrogens with one attached hydrogen (secondary N) is 1. The lowest BCUT2D eigenvalue weighted by atomic mass is 9.98. The predicted octanol–water partition coefficient (Wildman–Crippen LogP) is 3.72. The van der Waals surface area contributed by atoms with Gasteiger partial charge in [0, 0.05) is 12.2 Å². The molecular weight excluding hydrogens is 224 g/mol. The lowest BCUT2D eigenvalue weighted by molar-refractivity contribution is 0.242. The Balaban J connectivity index is 2.09. The van der Waals surface area contributed by atoms with Crippen molar-refractivity contribution < 1.29 is 4.74 Å². The van der Waals surface area contributed by atoms with E-state index in [1.165, 1.54) is 12.8 Å². The molecule has 1 saturated carbocycles. The number of hydrogen-bond donors (Lipinski definition) is 1. The first-order valence-electron chi connectivity index (χ1n) is 6.96. The molecule has 0 amide bonds. The summed E-state index contributed by atoms with van der Waals surface area (Å²) in [5.41, 5.74) is 0. The zero-order valence-electron chi connectivity index (χ0n) is 11.8. The summed E-state index contributed by atoms with van der Waals surface area (Å²) in [5, 5.41) is 3.56. The molecule has 3 heteroatoms. The summed E-state index contributed by atoms with van der Waals surface area (Å²) in [6.45, 7) is 8.73. The maximum atomic E-state index is 5.79. The van der Waals surface area contributed by atoms with Crippen molar-refractivity contribution in [1.82, 2.24) is 4.98 Å². The highest BCUT2D eigenvalue weighted by atomic mass is 16.5. The van der Waals surface area contributed by atoms with Crippen LogP contribution in [0.3, 0.4) is 0 Å². The number of aromatic nitrogens is 1. The number of anilines is 1. The lowest BCUT2D eigenvalue weighted by Gasteiger charge is -2.22. The van der Waals surface area contributed by atoms with E-state index in [0.29, 0.717) is 12.0 Å². The van der Waals surface area contributed by atoms with E-state index in [-0.39, 0.29) is 6.10 Å². The van der Waals surface area contributed by atoms with E-state index in [1.54, 1.807) is 0 Å². The molecule has 0 saturated heterocycles. The first-order chi connectivity index (χ1) is 8.58. The standard InChI is InChI=1S/C15H24N2O/c1-10(2)18-14-6-5-9-16-15(14)17-13-8-7-11(3)12(13)4/h5-6,9-13H,7-8H2,1-4H3,(H,16,17). The Labute approximate surface area is 110 Å². The highest BCUT2D eigenvalue weighted by Gasteiger charge is 2.30. The summed E-state index contributed by atoms with van der Waals surface area (Å²) in [6.07, 6.45) is 4.51. The minimum atomic E-state index is 0.176. The summed E-state index contributed by atoms with van der Waals surface area (Å²) < 4.78 is 5.79. The summed E-state index contributed by atoms with van der Waals surface area (Å²) >= 11 is 0. The monoisotopic (exact) mass is 248 g/mol. The van der Waals surface area contributed by atoms with Gasteiger partial charge < -0.3 is 10.1 Å². The van der Waals surface area contributed by atoms with E-state index in [4.69, 9.17) is 4.74 Å². The quantitative estimate of drug-likeness (QED) is 0.882. The van der Waals surface area contributed by atoms with Crippen molar-refractivity contribution in [3.05, 3.63) is 18.3 Å². The zero-order valence-corrected chi connectivity index (χ0v) is 11.8. The van der Waals surface area contributed by atoms with Crippen LogP contribution in [0.2, 0.25) is 0 Å². The molecule has 100 valence electrons. The van der Waals surface area contributed by atoms with Crippen LogP contribution in [0.25, 0.3) is 0 Å². The van der Waals surface area contributed by atoms with Gasteiger partial charge in [0.25, 0.3) is 0 Å². The molecule has 3 nitrogen and oxygen atoms in total. The Bertz CT molecular complexity index is 392. The molecule has 1 aromatic heterocycles. The number of ether oxygens (including phenoxy) is 1. The normalized spacial score (nSPS) is 27.5. The van der Waals surface area contributed by atoms with Crippen molar-refractivity contribution in [3.63, 3.8) is 0 Å². The fourth-order valence-corrected chi connectivity index (χ4v) is 2.59. The van der Waals surface area contributed by atoms with E-state index in [2.05, 4.69) is 24.1 Å². The molecule has 0 radical (unpaired) electrons. The van der Waals surface area contributed by atoms with Crippen molar-refractivity contribution in [1.29, 1.82) is 0 Å². The molecule has 3 atom stereocenters. The number of rotatable bonds is 4. The van der Waals surface area contributed by atoms with Crippen molar-refractivity contribution >= 4 is 5.82 Å². The average molecular weight is 248 g/mol. The molecule has 0 spiro atoms. The minimum Gasteiger partial charge on any atom is -0.487 e. The Morgan fingerprint density at radius 3 is 2.72 bits per heavy atom. The molecule has 2 rings (SSSR count). The molecular formula is C15H24N2O. The van der Waals surface area contributed by atoms with Gasteiger partial charge in [-0.3, -0.25) is 0 Å². The number of pyridine rings is 1. The molecule has 1 aliphatic rings. The fraction of sp³-hybridized carbons (Fsp3) is 0.667. The lowest BCUT2D eigenvalue weighted by Crippen LogP contribution is -2.25. The van der Waals surface area contributed by atoms with Crippen LogP contribution in [0.15, 0.2) is 18.3 Å². The molecule has 1 aromatic rings. The Kier molecular flexibility index (Phi) is 4.10.